The first-order valence-corrected chi connectivity index (χ1v) is 11.0. The molecule has 1 fully saturated rings. The zero-order valence-electron chi connectivity index (χ0n) is 15.6. The Bertz CT molecular complexity index is 996. The average Bonchev–Trinajstić information content (AvgIpc) is 2.74. The molecule has 2 aromatic carbocycles. The average molecular weight is 449 g/mol. The quantitative estimate of drug-likeness (QED) is 0.377. The Hall–Kier alpha value is -2.02. The molecule has 0 unspecified atom stereocenters. The van der Waals surface area contributed by atoms with Gasteiger partial charge in [-0.05, 0) is 29.8 Å². The summed E-state index contributed by atoms with van der Waals surface area (Å²) in [4.78, 5) is 13.1. The summed E-state index contributed by atoms with van der Waals surface area (Å²) in [5, 5.41) is 2.17. The highest BCUT2D eigenvalue weighted by Gasteiger charge is 2.20. The standard InChI is InChI=1S/C21H19Cl2FN4S/c22-16-6-5-15(17(23)11-16)13-29-21-12-20(25-14-26-21)28-9-7-27(8-10-28)19-4-2-1-3-18(19)24/h1-6,11-12,14H,7-10,13H2. The van der Waals surface area contributed by atoms with Crippen molar-refractivity contribution in [1.29, 1.82) is 0 Å². The molecule has 29 heavy (non-hydrogen) atoms. The van der Waals surface area contributed by atoms with Crippen LogP contribution in [0.5, 0.6) is 0 Å². The minimum Gasteiger partial charge on any atom is -0.366 e. The van der Waals surface area contributed by atoms with E-state index in [0.29, 0.717) is 21.5 Å². The van der Waals surface area contributed by atoms with Gasteiger partial charge in [-0.25, -0.2) is 14.4 Å². The molecule has 0 radical (unpaired) electrons. The Morgan fingerprint density at radius 3 is 2.45 bits per heavy atom. The normalized spacial score (nSPS) is 14.3. The Morgan fingerprint density at radius 2 is 1.69 bits per heavy atom. The number of thioether (sulfide) groups is 1. The van der Waals surface area contributed by atoms with Crippen LogP contribution in [0.1, 0.15) is 5.56 Å². The predicted molar refractivity (Wildman–Crippen MR) is 119 cm³/mol. The number of anilines is 2. The molecule has 1 saturated heterocycles. The summed E-state index contributed by atoms with van der Waals surface area (Å²) in [5.41, 5.74) is 1.67. The van der Waals surface area contributed by atoms with Gasteiger partial charge in [-0.15, -0.1) is 11.8 Å². The second-order valence-corrected chi connectivity index (χ2v) is 8.50. The van der Waals surface area contributed by atoms with Gasteiger partial charge in [-0.3, -0.25) is 0 Å². The Balaban J connectivity index is 1.38. The number of hydrogen-bond donors (Lipinski definition) is 0. The Kier molecular flexibility index (Phi) is 6.43. The molecular formula is C21H19Cl2FN4S. The second-order valence-electron chi connectivity index (χ2n) is 6.66. The minimum absolute atomic E-state index is 0.178. The van der Waals surface area contributed by atoms with Crippen molar-refractivity contribution in [1.82, 2.24) is 9.97 Å². The lowest BCUT2D eigenvalue weighted by Gasteiger charge is -2.36. The topological polar surface area (TPSA) is 32.3 Å². The molecule has 4 nitrogen and oxygen atoms in total. The predicted octanol–water partition coefficient (Wildman–Crippen LogP) is 5.54. The third-order valence-corrected chi connectivity index (χ3v) is 6.38. The summed E-state index contributed by atoms with van der Waals surface area (Å²) in [7, 11) is 0. The maximum atomic E-state index is 14.0. The fourth-order valence-electron chi connectivity index (χ4n) is 3.26. The smallest absolute Gasteiger partial charge is 0.146 e. The highest BCUT2D eigenvalue weighted by atomic mass is 35.5. The van der Waals surface area contributed by atoms with Gasteiger partial charge in [0.1, 0.15) is 23.0 Å². The van der Waals surface area contributed by atoms with E-state index in [1.165, 1.54) is 6.07 Å². The number of halogens is 3. The molecule has 0 atom stereocenters. The third kappa shape index (κ3) is 4.94. The number of piperazine rings is 1. The van der Waals surface area contributed by atoms with Crippen LogP contribution in [0.2, 0.25) is 10.0 Å². The molecule has 3 aromatic rings. The molecule has 0 saturated carbocycles. The number of para-hydroxylation sites is 1. The van der Waals surface area contributed by atoms with Crippen LogP contribution in [0.3, 0.4) is 0 Å². The number of hydrogen-bond acceptors (Lipinski definition) is 5. The minimum atomic E-state index is -0.178. The van der Waals surface area contributed by atoms with Crippen molar-refractivity contribution in [2.24, 2.45) is 0 Å². The van der Waals surface area contributed by atoms with Gasteiger partial charge in [0.15, 0.2) is 0 Å². The van der Waals surface area contributed by atoms with E-state index in [4.69, 9.17) is 23.2 Å². The first-order chi connectivity index (χ1) is 14.1. The summed E-state index contributed by atoms with van der Waals surface area (Å²) < 4.78 is 14.0. The van der Waals surface area contributed by atoms with E-state index in [2.05, 4.69) is 19.8 Å². The lowest BCUT2D eigenvalue weighted by atomic mass is 10.2. The van der Waals surface area contributed by atoms with Crippen LogP contribution in [-0.4, -0.2) is 36.1 Å². The van der Waals surface area contributed by atoms with Gasteiger partial charge in [-0.2, -0.15) is 0 Å². The molecule has 4 rings (SSSR count). The van der Waals surface area contributed by atoms with E-state index in [0.717, 1.165) is 42.6 Å². The van der Waals surface area contributed by atoms with Gasteiger partial charge in [0.25, 0.3) is 0 Å². The fourth-order valence-corrected chi connectivity index (χ4v) is 4.68. The van der Waals surface area contributed by atoms with Gasteiger partial charge >= 0.3 is 0 Å². The van der Waals surface area contributed by atoms with Gasteiger partial charge in [0.05, 0.1) is 5.69 Å². The van der Waals surface area contributed by atoms with E-state index in [-0.39, 0.29) is 5.82 Å². The monoisotopic (exact) mass is 448 g/mol. The molecule has 2 heterocycles. The maximum absolute atomic E-state index is 14.0. The van der Waals surface area contributed by atoms with Crippen LogP contribution in [-0.2, 0) is 5.75 Å². The first kappa shape index (κ1) is 20.3. The molecule has 0 aliphatic carbocycles. The maximum Gasteiger partial charge on any atom is 0.146 e. The summed E-state index contributed by atoms with van der Waals surface area (Å²) >= 11 is 13.8. The molecular weight excluding hydrogens is 430 g/mol. The van der Waals surface area contributed by atoms with E-state index in [1.54, 1.807) is 30.2 Å². The third-order valence-electron chi connectivity index (χ3n) is 4.82. The molecule has 150 valence electrons. The van der Waals surface area contributed by atoms with Crippen LogP contribution in [0, 0.1) is 5.82 Å². The summed E-state index contributed by atoms with van der Waals surface area (Å²) in [5.74, 6) is 1.41. The SMILES string of the molecule is Fc1ccccc1N1CCN(c2cc(SCc3ccc(Cl)cc3Cl)ncn2)CC1. The van der Waals surface area contributed by atoms with Crippen molar-refractivity contribution < 1.29 is 4.39 Å². The molecule has 0 amide bonds. The van der Waals surface area contributed by atoms with E-state index >= 15 is 0 Å². The van der Waals surface area contributed by atoms with Gasteiger partial charge in [0.2, 0.25) is 0 Å². The van der Waals surface area contributed by atoms with Crippen LogP contribution in [0.15, 0.2) is 59.9 Å². The van der Waals surface area contributed by atoms with E-state index < -0.39 is 0 Å². The molecule has 1 aromatic heterocycles. The van der Waals surface area contributed by atoms with Gasteiger partial charge in [-0.1, -0.05) is 41.4 Å². The van der Waals surface area contributed by atoms with Crippen LogP contribution >= 0.6 is 35.0 Å². The molecule has 1 aliphatic rings. The van der Waals surface area contributed by atoms with Crippen molar-refractivity contribution in [2.45, 2.75) is 10.8 Å². The summed E-state index contributed by atoms with van der Waals surface area (Å²) in [6.07, 6.45) is 1.59. The second kappa shape index (κ2) is 9.20. The highest BCUT2D eigenvalue weighted by molar-refractivity contribution is 7.98. The van der Waals surface area contributed by atoms with E-state index in [9.17, 15) is 4.39 Å². The van der Waals surface area contributed by atoms with Crippen LogP contribution < -0.4 is 9.80 Å². The van der Waals surface area contributed by atoms with Crippen molar-refractivity contribution >= 4 is 46.5 Å². The largest absolute Gasteiger partial charge is 0.366 e. The van der Waals surface area contributed by atoms with Gasteiger partial charge < -0.3 is 9.80 Å². The lowest BCUT2D eigenvalue weighted by Crippen LogP contribution is -2.47. The number of nitrogens with zero attached hydrogens (tertiary/aromatic N) is 4. The summed E-state index contributed by atoms with van der Waals surface area (Å²) in [6.45, 7) is 3.04. The molecule has 1 aliphatic heterocycles. The van der Waals surface area contributed by atoms with E-state index in [1.807, 2.05) is 30.3 Å². The van der Waals surface area contributed by atoms with Crippen molar-refractivity contribution in [2.75, 3.05) is 36.0 Å². The number of aromatic nitrogens is 2. The molecule has 0 N–H and O–H groups in total. The summed E-state index contributed by atoms with van der Waals surface area (Å²) in [6, 6.07) is 14.4. The Labute approximate surface area is 183 Å². The lowest BCUT2D eigenvalue weighted by molar-refractivity contribution is 0.595. The van der Waals surface area contributed by atoms with Crippen LogP contribution in [0.4, 0.5) is 15.9 Å². The molecule has 0 bridgehead atoms. The highest BCUT2D eigenvalue weighted by Crippen LogP contribution is 2.29. The van der Waals surface area contributed by atoms with Crippen molar-refractivity contribution in [3.05, 3.63) is 76.3 Å². The van der Waals surface area contributed by atoms with Gasteiger partial charge in [0, 0.05) is 48.0 Å². The fraction of sp³-hybridized carbons (Fsp3) is 0.238. The van der Waals surface area contributed by atoms with Crippen molar-refractivity contribution in [3.63, 3.8) is 0 Å². The van der Waals surface area contributed by atoms with Crippen molar-refractivity contribution in [3.8, 4) is 0 Å². The Morgan fingerprint density at radius 1 is 0.931 bits per heavy atom. The zero-order chi connectivity index (χ0) is 20.2. The number of benzene rings is 2. The molecule has 0 spiro atoms. The first-order valence-electron chi connectivity index (χ1n) is 9.23. The number of rotatable bonds is 5. The zero-order valence-corrected chi connectivity index (χ0v) is 17.9. The molecule has 8 heteroatoms. The van der Waals surface area contributed by atoms with Crippen LogP contribution in [0.25, 0.3) is 0 Å².